The van der Waals surface area contributed by atoms with Gasteiger partial charge >= 0.3 is 0 Å². The van der Waals surface area contributed by atoms with Gasteiger partial charge in [-0.25, -0.2) is 13.1 Å². The van der Waals surface area contributed by atoms with Crippen molar-refractivity contribution in [2.45, 2.75) is 45.1 Å². The normalized spacial score (nSPS) is 20.6. The fraction of sp³-hybridized carbons (Fsp3) is 0.833. The van der Waals surface area contributed by atoms with Gasteiger partial charge < -0.3 is 5.32 Å². The van der Waals surface area contributed by atoms with Crippen molar-refractivity contribution in [3.63, 3.8) is 0 Å². The molecule has 1 saturated heterocycles. The first kappa shape index (κ1) is 14.5. The van der Waals surface area contributed by atoms with Crippen molar-refractivity contribution in [3.8, 4) is 11.8 Å². The summed E-state index contributed by atoms with van der Waals surface area (Å²) in [7, 11) is -3.12. The van der Waals surface area contributed by atoms with Crippen molar-refractivity contribution < 1.29 is 8.42 Å². The summed E-state index contributed by atoms with van der Waals surface area (Å²) in [6.07, 6.45) is 4.79. The second-order valence-corrected chi connectivity index (χ2v) is 6.25. The molecule has 0 saturated carbocycles. The van der Waals surface area contributed by atoms with E-state index >= 15 is 0 Å². The van der Waals surface area contributed by atoms with Gasteiger partial charge in [-0.05, 0) is 32.7 Å². The van der Waals surface area contributed by atoms with Crippen LogP contribution in [0.25, 0.3) is 0 Å². The average Bonchev–Trinajstić information content (AvgIpc) is 2.34. The van der Waals surface area contributed by atoms with Gasteiger partial charge in [0.25, 0.3) is 0 Å². The Morgan fingerprint density at radius 3 is 2.88 bits per heavy atom. The van der Waals surface area contributed by atoms with E-state index in [9.17, 15) is 8.42 Å². The zero-order valence-corrected chi connectivity index (χ0v) is 11.3. The Labute approximate surface area is 105 Å². The Hall–Kier alpha value is -0.570. The third kappa shape index (κ3) is 6.67. The van der Waals surface area contributed by atoms with Gasteiger partial charge in [-0.15, -0.1) is 11.8 Å². The molecule has 2 N–H and O–H groups in total. The second kappa shape index (κ2) is 7.70. The standard InChI is InChI=1S/C12H22N2O2S/c1-2-3-5-10-14-17(15,16)11-8-12-7-4-6-9-13-12/h12-14H,4-11H2,1H3. The zero-order valence-electron chi connectivity index (χ0n) is 10.5. The van der Waals surface area contributed by atoms with Gasteiger partial charge in [-0.2, -0.15) is 0 Å². The molecule has 1 aliphatic rings. The van der Waals surface area contributed by atoms with Crippen molar-refractivity contribution in [2.75, 3.05) is 18.8 Å². The molecule has 0 spiro atoms. The molecule has 5 heteroatoms. The molecule has 1 unspecified atom stereocenters. The van der Waals surface area contributed by atoms with Crippen LogP contribution in [-0.4, -0.2) is 33.3 Å². The van der Waals surface area contributed by atoms with E-state index in [1.165, 1.54) is 12.8 Å². The average molecular weight is 258 g/mol. The molecule has 0 amide bonds. The van der Waals surface area contributed by atoms with Gasteiger partial charge in [0.05, 0.1) is 5.75 Å². The Bertz CT molecular complexity index is 362. The van der Waals surface area contributed by atoms with Crippen molar-refractivity contribution in [3.05, 3.63) is 0 Å². The molecule has 1 heterocycles. The molecule has 4 nitrogen and oxygen atoms in total. The minimum atomic E-state index is -3.12. The molecular formula is C12H22N2O2S. The minimum Gasteiger partial charge on any atom is -0.314 e. The van der Waals surface area contributed by atoms with Crippen LogP contribution in [0.1, 0.15) is 39.0 Å². The predicted molar refractivity (Wildman–Crippen MR) is 70.1 cm³/mol. The van der Waals surface area contributed by atoms with Crippen LogP contribution in [-0.2, 0) is 10.0 Å². The smallest absolute Gasteiger partial charge is 0.211 e. The molecule has 1 aliphatic heterocycles. The van der Waals surface area contributed by atoms with Crippen molar-refractivity contribution in [1.82, 2.24) is 10.0 Å². The Balaban J connectivity index is 2.20. The molecule has 0 aromatic rings. The lowest BCUT2D eigenvalue weighted by Gasteiger charge is -2.23. The van der Waals surface area contributed by atoms with Crippen LogP contribution in [0.4, 0.5) is 0 Å². The predicted octanol–water partition coefficient (Wildman–Crippen LogP) is 0.851. The summed E-state index contributed by atoms with van der Waals surface area (Å²) < 4.78 is 25.9. The SMILES string of the molecule is CC#CCCNS(=O)(=O)CCC1CCCCN1. The van der Waals surface area contributed by atoms with Gasteiger partial charge in [-0.1, -0.05) is 6.42 Å². The maximum absolute atomic E-state index is 11.6. The topological polar surface area (TPSA) is 58.2 Å². The molecule has 0 bridgehead atoms. The highest BCUT2D eigenvalue weighted by Gasteiger charge is 2.16. The lowest BCUT2D eigenvalue weighted by atomic mass is 10.0. The fourth-order valence-electron chi connectivity index (χ4n) is 1.93. The molecule has 1 rings (SSSR count). The molecular weight excluding hydrogens is 236 g/mol. The number of nitrogens with one attached hydrogen (secondary N) is 2. The van der Waals surface area contributed by atoms with Crippen LogP contribution in [0, 0.1) is 11.8 Å². The summed E-state index contributed by atoms with van der Waals surface area (Å²) in [5.41, 5.74) is 0. The maximum Gasteiger partial charge on any atom is 0.211 e. The second-order valence-electron chi connectivity index (χ2n) is 4.33. The lowest BCUT2D eigenvalue weighted by molar-refractivity contribution is 0.392. The molecule has 0 aliphatic carbocycles. The summed E-state index contributed by atoms with van der Waals surface area (Å²) in [5, 5.41) is 3.35. The third-order valence-corrected chi connectivity index (χ3v) is 4.31. The molecule has 1 fully saturated rings. The van der Waals surface area contributed by atoms with Gasteiger partial charge in [0.2, 0.25) is 10.0 Å². The summed E-state index contributed by atoms with van der Waals surface area (Å²) in [6.45, 7) is 3.19. The fourth-order valence-corrected chi connectivity index (χ4v) is 3.09. The van der Waals surface area contributed by atoms with Gasteiger partial charge in [0, 0.05) is 19.0 Å². The van der Waals surface area contributed by atoms with E-state index < -0.39 is 10.0 Å². The third-order valence-electron chi connectivity index (χ3n) is 2.90. The highest BCUT2D eigenvalue weighted by Crippen LogP contribution is 2.10. The van der Waals surface area contributed by atoms with E-state index in [1.54, 1.807) is 6.92 Å². The van der Waals surface area contributed by atoms with E-state index in [-0.39, 0.29) is 5.75 Å². The summed E-state index contributed by atoms with van der Waals surface area (Å²) >= 11 is 0. The first-order chi connectivity index (χ1) is 8.14. The molecule has 98 valence electrons. The number of piperidine rings is 1. The maximum atomic E-state index is 11.6. The van der Waals surface area contributed by atoms with Gasteiger partial charge in [0.1, 0.15) is 0 Å². The molecule has 1 atom stereocenters. The van der Waals surface area contributed by atoms with Crippen molar-refractivity contribution in [2.24, 2.45) is 0 Å². The summed E-state index contributed by atoms with van der Waals surface area (Å²) in [4.78, 5) is 0. The van der Waals surface area contributed by atoms with Crippen LogP contribution >= 0.6 is 0 Å². The Morgan fingerprint density at radius 1 is 1.41 bits per heavy atom. The summed E-state index contributed by atoms with van der Waals surface area (Å²) in [6, 6.07) is 0.371. The van der Waals surface area contributed by atoms with Crippen LogP contribution in [0.3, 0.4) is 0 Å². The van der Waals surface area contributed by atoms with Crippen LogP contribution in [0.15, 0.2) is 0 Å². The summed E-state index contributed by atoms with van der Waals surface area (Å²) in [5.74, 6) is 5.79. The van der Waals surface area contributed by atoms with Crippen LogP contribution in [0.5, 0.6) is 0 Å². The number of sulfonamides is 1. The van der Waals surface area contributed by atoms with Crippen LogP contribution < -0.4 is 10.0 Å². The van der Waals surface area contributed by atoms with E-state index in [1.807, 2.05) is 0 Å². The largest absolute Gasteiger partial charge is 0.314 e. The van der Waals surface area contributed by atoms with Gasteiger partial charge in [0.15, 0.2) is 0 Å². The Morgan fingerprint density at radius 2 is 2.24 bits per heavy atom. The van der Waals surface area contributed by atoms with Crippen LogP contribution in [0.2, 0.25) is 0 Å². The first-order valence-electron chi connectivity index (χ1n) is 6.24. The molecule has 0 aromatic carbocycles. The van der Waals surface area contributed by atoms with Gasteiger partial charge in [-0.3, -0.25) is 0 Å². The monoisotopic (exact) mass is 258 g/mol. The molecule has 0 radical (unpaired) electrons. The van der Waals surface area contributed by atoms with E-state index in [0.717, 1.165) is 13.0 Å². The Kier molecular flexibility index (Phi) is 6.56. The highest BCUT2D eigenvalue weighted by atomic mass is 32.2. The lowest BCUT2D eigenvalue weighted by Crippen LogP contribution is -2.37. The van der Waals surface area contributed by atoms with E-state index in [4.69, 9.17) is 0 Å². The highest BCUT2D eigenvalue weighted by molar-refractivity contribution is 7.89. The van der Waals surface area contributed by atoms with Crippen molar-refractivity contribution >= 4 is 10.0 Å². The number of hydrogen-bond donors (Lipinski definition) is 2. The number of rotatable bonds is 6. The quantitative estimate of drug-likeness (QED) is 0.548. The number of hydrogen-bond acceptors (Lipinski definition) is 3. The molecule has 17 heavy (non-hydrogen) atoms. The first-order valence-corrected chi connectivity index (χ1v) is 7.89. The van der Waals surface area contributed by atoms with Crippen molar-refractivity contribution in [1.29, 1.82) is 0 Å². The minimum absolute atomic E-state index is 0.213. The molecule has 0 aromatic heterocycles. The van der Waals surface area contributed by atoms with E-state index in [0.29, 0.717) is 25.4 Å². The van der Waals surface area contributed by atoms with E-state index in [2.05, 4.69) is 21.9 Å². The zero-order chi connectivity index (χ0) is 12.6.